The van der Waals surface area contributed by atoms with Crippen molar-refractivity contribution in [2.75, 3.05) is 19.6 Å². The maximum Gasteiger partial charge on any atom is 0.0540 e. The van der Waals surface area contributed by atoms with Crippen molar-refractivity contribution in [1.82, 2.24) is 0 Å². The molecule has 86 heavy (non-hydrogen) atoms. The minimum Gasteiger partial charge on any atom is -0.314 e. The van der Waals surface area contributed by atoms with Gasteiger partial charge in [0.25, 0.3) is 0 Å². The molecule has 0 bridgehead atoms. The molecule has 13 rings (SSSR count). The smallest absolute Gasteiger partial charge is 0.0540 e. The first kappa shape index (κ1) is 55.3. The molecule has 0 heterocycles. The second-order valence-electron chi connectivity index (χ2n) is 24.2. The standard InChI is InChI=1S/C82H74N4/c1-11-19-54(2)42-62(10)83(63-27-12-20-55(3)43-63)70-34-38-74-75-39-35-71(84(64-28-13-21-56(4)44-64)65-29-14-22-57(5)45-65)51-79(75)82(78(74)50-70)80-52-72(85(66-30-15-23-58(6)46-66)67-31-16-24-59(7)47-67)36-40-76(80)77-41-37-73(53-81(77)82)86(68-32-17-25-60(8)48-68)69-33-18-26-61(9)49-69/h11-53,75,79H,1H2,2-10H3/b54-19-,62-42+. The highest BCUT2D eigenvalue weighted by Gasteiger charge is 2.58. The fourth-order valence-electron chi connectivity index (χ4n) is 14.2. The van der Waals surface area contributed by atoms with E-state index in [1.807, 2.05) is 6.08 Å². The van der Waals surface area contributed by atoms with Gasteiger partial charge < -0.3 is 19.6 Å². The topological polar surface area (TPSA) is 13.0 Å². The summed E-state index contributed by atoms with van der Waals surface area (Å²) < 4.78 is 0. The van der Waals surface area contributed by atoms with Gasteiger partial charge in [-0.05, 0) is 274 Å². The molecule has 0 fully saturated rings. The summed E-state index contributed by atoms with van der Waals surface area (Å²) in [5.41, 5.74) is 30.0. The molecular formula is C82H74N4. The van der Waals surface area contributed by atoms with Gasteiger partial charge in [-0.1, -0.05) is 134 Å². The zero-order valence-electron chi connectivity index (χ0n) is 51.0. The van der Waals surface area contributed by atoms with Crippen LogP contribution in [0, 0.1) is 54.4 Å². The van der Waals surface area contributed by atoms with Crippen LogP contribution in [0.3, 0.4) is 0 Å². The number of rotatable bonds is 14. The number of benzene rings is 10. The number of anilines is 10. The third-order valence-electron chi connectivity index (χ3n) is 17.7. The van der Waals surface area contributed by atoms with E-state index in [4.69, 9.17) is 0 Å². The van der Waals surface area contributed by atoms with Crippen LogP contribution < -0.4 is 19.6 Å². The molecule has 10 aromatic carbocycles. The molecule has 1 spiro atoms. The van der Waals surface area contributed by atoms with Gasteiger partial charge in [-0.25, -0.2) is 0 Å². The molecule has 3 aliphatic rings. The highest BCUT2D eigenvalue weighted by molar-refractivity contribution is 5.93. The number of fused-ring (bicyclic) bond motifs is 10. The maximum absolute atomic E-state index is 4.07. The van der Waals surface area contributed by atoms with Gasteiger partial charge in [-0.15, -0.1) is 0 Å². The fourth-order valence-corrected chi connectivity index (χ4v) is 14.2. The van der Waals surface area contributed by atoms with Crippen LogP contribution in [0.1, 0.15) is 81.0 Å². The first-order valence-corrected chi connectivity index (χ1v) is 30.2. The summed E-state index contributed by atoms with van der Waals surface area (Å²) in [5.74, 6) is -0.0723. The maximum atomic E-state index is 4.07. The van der Waals surface area contributed by atoms with Gasteiger partial charge in [-0.3, -0.25) is 0 Å². The molecule has 422 valence electrons. The normalized spacial score (nSPS) is 15.3. The van der Waals surface area contributed by atoms with Crippen LogP contribution in [-0.2, 0) is 5.41 Å². The summed E-state index contributed by atoms with van der Waals surface area (Å²) in [6.07, 6.45) is 13.8. The van der Waals surface area contributed by atoms with Crippen molar-refractivity contribution in [3.63, 3.8) is 0 Å². The quantitative estimate of drug-likeness (QED) is 0.101. The van der Waals surface area contributed by atoms with E-state index >= 15 is 0 Å². The largest absolute Gasteiger partial charge is 0.314 e. The van der Waals surface area contributed by atoms with E-state index in [9.17, 15) is 0 Å². The molecule has 0 aromatic heterocycles. The van der Waals surface area contributed by atoms with Crippen LogP contribution in [0.25, 0.3) is 11.1 Å². The Bertz CT molecular complexity index is 4150. The molecule has 0 saturated heterocycles. The summed E-state index contributed by atoms with van der Waals surface area (Å²) in [4.78, 5) is 9.88. The second-order valence-corrected chi connectivity index (χ2v) is 24.2. The number of allylic oxidation sites excluding steroid dienone is 8. The van der Waals surface area contributed by atoms with Gasteiger partial charge in [-0.2, -0.15) is 0 Å². The summed E-state index contributed by atoms with van der Waals surface area (Å²) in [6.45, 7) is 23.8. The Morgan fingerprint density at radius 3 is 1.15 bits per heavy atom. The molecule has 3 aliphatic carbocycles. The van der Waals surface area contributed by atoms with E-state index in [-0.39, 0.29) is 11.8 Å². The lowest BCUT2D eigenvalue weighted by atomic mass is 9.65. The third-order valence-corrected chi connectivity index (χ3v) is 17.7. The van der Waals surface area contributed by atoms with Crippen LogP contribution in [-0.4, -0.2) is 0 Å². The minimum atomic E-state index is -0.738. The van der Waals surface area contributed by atoms with Gasteiger partial charge in [0, 0.05) is 80.1 Å². The first-order chi connectivity index (χ1) is 41.7. The van der Waals surface area contributed by atoms with Crippen molar-refractivity contribution in [2.24, 2.45) is 5.92 Å². The molecule has 4 heteroatoms. The lowest BCUT2D eigenvalue weighted by molar-refractivity contribution is 0.462. The van der Waals surface area contributed by atoms with Crippen molar-refractivity contribution in [2.45, 2.75) is 73.6 Å². The van der Waals surface area contributed by atoms with Gasteiger partial charge in [0.05, 0.1) is 5.41 Å². The van der Waals surface area contributed by atoms with Crippen LogP contribution in [0.5, 0.6) is 0 Å². The SMILES string of the molecule is C=C/C=C(C)\C=C(/C)N(c1cccc(C)c1)c1ccc2c(c1)C1(c3cc(N(c4cccc(C)c4)c4cccc(C)c4)ccc3-c3ccc(N(c4cccc(C)c4)c4cccc(C)c4)cc31)C1C=C(N(c3cccc(C)c3)c3cccc(C)c3)C=CC21. The molecule has 0 aliphatic heterocycles. The highest BCUT2D eigenvalue weighted by Crippen LogP contribution is 2.67. The van der Waals surface area contributed by atoms with E-state index in [0.717, 1.165) is 73.8 Å². The Kier molecular flexibility index (Phi) is 14.5. The fraction of sp³-hybridized carbons (Fsp3) is 0.146. The number of nitrogens with zero attached hydrogens (tertiary/aromatic N) is 4. The van der Waals surface area contributed by atoms with Crippen molar-refractivity contribution in [3.8, 4) is 11.1 Å². The lowest BCUT2D eigenvalue weighted by Gasteiger charge is -2.39. The molecule has 2 unspecified atom stereocenters. The van der Waals surface area contributed by atoms with Gasteiger partial charge in [0.1, 0.15) is 0 Å². The molecule has 0 radical (unpaired) electrons. The van der Waals surface area contributed by atoms with Crippen molar-refractivity contribution >= 4 is 56.9 Å². The first-order valence-electron chi connectivity index (χ1n) is 30.2. The van der Waals surface area contributed by atoms with Gasteiger partial charge >= 0.3 is 0 Å². The highest BCUT2D eigenvalue weighted by atomic mass is 15.2. The van der Waals surface area contributed by atoms with Crippen LogP contribution >= 0.6 is 0 Å². The number of hydrogen-bond acceptors (Lipinski definition) is 4. The Hall–Kier alpha value is -9.90. The Morgan fingerprint density at radius 2 is 0.744 bits per heavy atom. The summed E-state index contributed by atoms with van der Waals surface area (Å²) in [6, 6.07) is 84.8. The Morgan fingerprint density at radius 1 is 0.395 bits per heavy atom. The van der Waals surface area contributed by atoms with Crippen molar-refractivity contribution < 1.29 is 0 Å². The summed E-state index contributed by atoms with van der Waals surface area (Å²) in [5, 5.41) is 0. The minimum absolute atomic E-state index is 0.0157. The molecule has 4 nitrogen and oxygen atoms in total. The van der Waals surface area contributed by atoms with Crippen molar-refractivity contribution in [1.29, 1.82) is 0 Å². The van der Waals surface area contributed by atoms with Crippen LogP contribution in [0.15, 0.2) is 284 Å². The molecule has 0 amide bonds. The second kappa shape index (κ2) is 22.6. The molecule has 10 aromatic rings. The molecular weight excluding hydrogens is 1040 g/mol. The van der Waals surface area contributed by atoms with Gasteiger partial charge in [0.15, 0.2) is 0 Å². The summed E-state index contributed by atoms with van der Waals surface area (Å²) in [7, 11) is 0. The monoisotopic (exact) mass is 1110 g/mol. The van der Waals surface area contributed by atoms with Crippen LogP contribution in [0.2, 0.25) is 0 Å². The zero-order valence-corrected chi connectivity index (χ0v) is 51.0. The predicted molar refractivity (Wildman–Crippen MR) is 365 cm³/mol. The van der Waals surface area contributed by atoms with E-state index < -0.39 is 5.41 Å². The molecule has 0 saturated carbocycles. The average molecular weight is 1120 g/mol. The zero-order chi connectivity index (χ0) is 59.4. The van der Waals surface area contributed by atoms with E-state index in [0.29, 0.717) is 0 Å². The average Bonchev–Trinajstić information content (AvgIpc) is 1.50. The lowest BCUT2D eigenvalue weighted by Crippen LogP contribution is -2.35. The molecule has 2 atom stereocenters. The van der Waals surface area contributed by atoms with Crippen molar-refractivity contribution in [3.05, 3.63) is 346 Å². The molecule has 0 N–H and O–H groups in total. The third kappa shape index (κ3) is 9.99. The summed E-state index contributed by atoms with van der Waals surface area (Å²) >= 11 is 0. The van der Waals surface area contributed by atoms with Crippen LogP contribution in [0.4, 0.5) is 56.9 Å². The number of hydrogen-bond donors (Lipinski definition) is 0. The Labute approximate surface area is 510 Å². The Balaban J connectivity index is 1.15. The number of aryl methyl sites for hydroxylation is 7. The van der Waals surface area contributed by atoms with E-state index in [1.54, 1.807) is 0 Å². The van der Waals surface area contributed by atoms with Gasteiger partial charge in [0.2, 0.25) is 0 Å². The van der Waals surface area contributed by atoms with E-state index in [2.05, 4.69) is 343 Å². The van der Waals surface area contributed by atoms with E-state index in [1.165, 1.54) is 72.3 Å². The predicted octanol–water partition coefficient (Wildman–Crippen LogP) is 22.3.